The monoisotopic (exact) mass is 344 g/mol. The first-order valence-corrected chi connectivity index (χ1v) is 7.20. The quantitative estimate of drug-likeness (QED) is 0.754. The number of aromatic hydroxyl groups is 1. The van der Waals surface area contributed by atoms with Crippen LogP contribution in [0.1, 0.15) is 5.56 Å². The number of phenolic OH excluding ortho intramolecular Hbond substituents is 1. The lowest BCUT2D eigenvalue weighted by molar-refractivity contribution is 0.468. The van der Waals surface area contributed by atoms with Gasteiger partial charge in [-0.1, -0.05) is 28.1 Å². The molecule has 1 aromatic heterocycles. The van der Waals surface area contributed by atoms with Crippen molar-refractivity contribution < 1.29 is 9.52 Å². The van der Waals surface area contributed by atoms with Crippen molar-refractivity contribution in [1.29, 1.82) is 0 Å². The van der Waals surface area contributed by atoms with E-state index in [4.69, 9.17) is 10.2 Å². The topological polar surface area (TPSA) is 72.3 Å². The van der Waals surface area contributed by atoms with Gasteiger partial charge in [0, 0.05) is 27.7 Å². The molecule has 5 heteroatoms. The molecule has 1 heterocycles. The van der Waals surface area contributed by atoms with Crippen LogP contribution < -0.4 is 5.73 Å². The van der Waals surface area contributed by atoms with Gasteiger partial charge in [-0.25, -0.2) is 4.98 Å². The first-order valence-electron chi connectivity index (χ1n) is 6.41. The maximum absolute atomic E-state index is 9.66. The summed E-state index contributed by atoms with van der Waals surface area (Å²) in [6.45, 7) is 0.264. The van der Waals surface area contributed by atoms with Crippen LogP contribution in [-0.4, -0.2) is 10.1 Å². The van der Waals surface area contributed by atoms with E-state index in [2.05, 4.69) is 20.9 Å². The average Bonchev–Trinajstić information content (AvgIpc) is 2.98. The molecular formula is C16H13BrN2O2. The minimum atomic E-state index is 0.181. The number of phenols is 1. The number of halogens is 1. The Labute approximate surface area is 130 Å². The summed E-state index contributed by atoms with van der Waals surface area (Å²) in [4.78, 5) is 4.48. The Bertz CT molecular complexity index is 766. The molecule has 0 radical (unpaired) electrons. The van der Waals surface area contributed by atoms with Crippen molar-refractivity contribution in [2.45, 2.75) is 6.54 Å². The molecule has 0 atom stereocenters. The van der Waals surface area contributed by atoms with Crippen LogP contribution in [0.3, 0.4) is 0 Å². The zero-order valence-corrected chi connectivity index (χ0v) is 12.7. The Morgan fingerprint density at radius 1 is 1.10 bits per heavy atom. The van der Waals surface area contributed by atoms with Gasteiger partial charge in [0.2, 0.25) is 5.89 Å². The van der Waals surface area contributed by atoms with Crippen molar-refractivity contribution in [3.63, 3.8) is 0 Å². The Hall–Kier alpha value is -2.11. The van der Waals surface area contributed by atoms with Crippen LogP contribution in [0, 0.1) is 0 Å². The van der Waals surface area contributed by atoms with Crippen LogP contribution in [0.5, 0.6) is 5.75 Å². The lowest BCUT2D eigenvalue weighted by atomic mass is 10.1. The van der Waals surface area contributed by atoms with Crippen LogP contribution in [0.15, 0.2) is 57.6 Å². The van der Waals surface area contributed by atoms with Crippen molar-refractivity contribution in [1.82, 2.24) is 4.98 Å². The van der Waals surface area contributed by atoms with Gasteiger partial charge in [-0.15, -0.1) is 0 Å². The van der Waals surface area contributed by atoms with Crippen LogP contribution in [0.4, 0.5) is 0 Å². The van der Waals surface area contributed by atoms with Gasteiger partial charge in [0.05, 0.1) is 0 Å². The zero-order chi connectivity index (χ0) is 14.8. The molecule has 0 aliphatic heterocycles. The predicted octanol–water partition coefficient (Wildman–Crippen LogP) is 3.94. The van der Waals surface area contributed by atoms with Gasteiger partial charge in [0.25, 0.3) is 0 Å². The van der Waals surface area contributed by atoms with Gasteiger partial charge in [0.1, 0.15) is 17.7 Å². The Kier molecular flexibility index (Phi) is 3.77. The molecule has 0 bridgehead atoms. The number of nitrogens with two attached hydrogens (primary N) is 1. The molecule has 0 saturated heterocycles. The Morgan fingerprint density at radius 2 is 1.81 bits per heavy atom. The minimum absolute atomic E-state index is 0.181. The van der Waals surface area contributed by atoms with Crippen molar-refractivity contribution in [2.24, 2.45) is 5.73 Å². The van der Waals surface area contributed by atoms with E-state index in [0.29, 0.717) is 11.5 Å². The molecule has 0 aliphatic carbocycles. The van der Waals surface area contributed by atoms with E-state index in [1.165, 1.54) is 0 Å². The number of rotatable bonds is 3. The van der Waals surface area contributed by atoms with Crippen LogP contribution in [-0.2, 0) is 6.54 Å². The fourth-order valence-electron chi connectivity index (χ4n) is 2.04. The lowest BCUT2D eigenvalue weighted by Crippen LogP contribution is -1.96. The highest BCUT2D eigenvalue weighted by Crippen LogP contribution is 2.28. The predicted molar refractivity (Wildman–Crippen MR) is 84.6 cm³/mol. The summed E-state index contributed by atoms with van der Waals surface area (Å²) in [6, 6.07) is 13.0. The summed E-state index contributed by atoms with van der Waals surface area (Å²) in [7, 11) is 0. The minimum Gasteiger partial charge on any atom is -0.508 e. The third kappa shape index (κ3) is 2.84. The molecule has 4 nitrogen and oxygen atoms in total. The normalized spacial score (nSPS) is 10.8. The molecule has 3 aromatic rings. The van der Waals surface area contributed by atoms with E-state index in [-0.39, 0.29) is 12.3 Å². The SMILES string of the molecule is NCc1cc(-c2nc(-c3ccc(Br)cc3)co2)ccc1O. The lowest BCUT2D eigenvalue weighted by Gasteiger charge is -2.02. The first kappa shape index (κ1) is 13.9. The van der Waals surface area contributed by atoms with Gasteiger partial charge >= 0.3 is 0 Å². The summed E-state index contributed by atoms with van der Waals surface area (Å²) in [6.07, 6.45) is 1.62. The van der Waals surface area contributed by atoms with Gasteiger partial charge in [-0.05, 0) is 30.3 Å². The standard InChI is InChI=1S/C16H13BrN2O2/c17-13-4-1-10(2-5-13)14-9-21-16(19-14)11-3-6-15(20)12(7-11)8-18/h1-7,9,20H,8,18H2. The van der Waals surface area contributed by atoms with E-state index in [9.17, 15) is 5.11 Å². The summed E-state index contributed by atoms with van der Waals surface area (Å²) in [5, 5.41) is 9.66. The van der Waals surface area contributed by atoms with Crippen LogP contribution in [0.2, 0.25) is 0 Å². The number of nitrogens with zero attached hydrogens (tertiary/aromatic N) is 1. The smallest absolute Gasteiger partial charge is 0.226 e. The molecule has 21 heavy (non-hydrogen) atoms. The molecule has 0 fully saturated rings. The highest BCUT2D eigenvalue weighted by molar-refractivity contribution is 9.10. The summed E-state index contributed by atoms with van der Waals surface area (Å²) in [5.41, 5.74) is 8.79. The fraction of sp³-hybridized carbons (Fsp3) is 0.0625. The molecule has 3 N–H and O–H groups in total. The van der Waals surface area contributed by atoms with Crippen LogP contribution in [0.25, 0.3) is 22.7 Å². The second kappa shape index (κ2) is 5.71. The van der Waals surface area contributed by atoms with E-state index in [1.54, 1.807) is 24.5 Å². The maximum Gasteiger partial charge on any atom is 0.226 e. The first-order chi connectivity index (χ1) is 10.2. The largest absolute Gasteiger partial charge is 0.508 e. The van der Waals surface area contributed by atoms with Gasteiger partial charge < -0.3 is 15.3 Å². The van der Waals surface area contributed by atoms with E-state index in [0.717, 1.165) is 21.3 Å². The molecule has 2 aromatic carbocycles. The third-order valence-corrected chi connectivity index (χ3v) is 3.72. The molecule has 0 unspecified atom stereocenters. The molecule has 0 spiro atoms. The van der Waals surface area contributed by atoms with Gasteiger partial charge in [-0.2, -0.15) is 0 Å². The molecule has 106 valence electrons. The number of oxazole rings is 1. The third-order valence-electron chi connectivity index (χ3n) is 3.19. The number of aromatic nitrogens is 1. The van der Waals surface area contributed by atoms with Gasteiger partial charge in [-0.3, -0.25) is 0 Å². The molecule has 0 amide bonds. The molecular weight excluding hydrogens is 332 g/mol. The number of hydrogen-bond donors (Lipinski definition) is 2. The van der Waals surface area contributed by atoms with E-state index < -0.39 is 0 Å². The molecule has 0 saturated carbocycles. The second-order valence-corrected chi connectivity index (χ2v) is 5.51. The molecule has 0 aliphatic rings. The summed E-state index contributed by atoms with van der Waals surface area (Å²) >= 11 is 3.40. The Balaban J connectivity index is 1.96. The maximum atomic E-state index is 9.66. The van der Waals surface area contributed by atoms with Crippen molar-refractivity contribution in [2.75, 3.05) is 0 Å². The summed E-state index contributed by atoms with van der Waals surface area (Å²) in [5.74, 6) is 0.684. The zero-order valence-electron chi connectivity index (χ0n) is 11.1. The average molecular weight is 345 g/mol. The fourth-order valence-corrected chi connectivity index (χ4v) is 2.31. The Morgan fingerprint density at radius 3 is 2.52 bits per heavy atom. The van der Waals surface area contributed by atoms with Crippen molar-refractivity contribution in [3.05, 3.63) is 58.8 Å². The van der Waals surface area contributed by atoms with Crippen LogP contribution >= 0.6 is 15.9 Å². The highest BCUT2D eigenvalue weighted by Gasteiger charge is 2.10. The second-order valence-electron chi connectivity index (χ2n) is 4.59. The summed E-state index contributed by atoms with van der Waals surface area (Å²) < 4.78 is 6.54. The highest BCUT2D eigenvalue weighted by atomic mass is 79.9. The van der Waals surface area contributed by atoms with E-state index >= 15 is 0 Å². The van der Waals surface area contributed by atoms with Crippen molar-refractivity contribution >= 4 is 15.9 Å². The number of hydrogen-bond acceptors (Lipinski definition) is 4. The molecule has 3 rings (SSSR count). The van der Waals surface area contributed by atoms with E-state index in [1.807, 2.05) is 24.3 Å². The number of benzene rings is 2. The van der Waals surface area contributed by atoms with Gasteiger partial charge in [0.15, 0.2) is 0 Å². The van der Waals surface area contributed by atoms with Crippen molar-refractivity contribution in [3.8, 4) is 28.5 Å².